The highest BCUT2D eigenvalue weighted by Gasteiger charge is 2.18. The van der Waals surface area contributed by atoms with Gasteiger partial charge in [-0.25, -0.2) is 0 Å². The summed E-state index contributed by atoms with van der Waals surface area (Å²) in [6.45, 7) is 1.98. The van der Waals surface area contributed by atoms with Gasteiger partial charge >= 0.3 is 0 Å². The minimum absolute atomic E-state index is 0.105. The van der Waals surface area contributed by atoms with Gasteiger partial charge in [0.05, 0.1) is 16.9 Å². The lowest BCUT2D eigenvalue weighted by atomic mass is 10.1. The summed E-state index contributed by atoms with van der Waals surface area (Å²) >= 11 is 8.16. The molecule has 20 heavy (non-hydrogen) atoms. The lowest BCUT2D eigenvalue weighted by molar-refractivity contribution is 0.0992. The molecular weight excluding hydrogens is 387 g/mol. The SMILES string of the molecule is Cc1cccc(C(=O)N(C)c2cc(Cl)ccc2N)c1I. The fourth-order valence-corrected chi connectivity index (χ4v) is 2.67. The number of carbonyl (C=O) groups is 1. The molecular formula is C15H14ClIN2O. The van der Waals surface area contributed by atoms with Crippen molar-refractivity contribution in [2.24, 2.45) is 0 Å². The molecule has 0 bridgehead atoms. The molecule has 104 valence electrons. The Kier molecular flexibility index (Phi) is 4.55. The van der Waals surface area contributed by atoms with Crippen LogP contribution in [0.3, 0.4) is 0 Å². The molecule has 0 heterocycles. The maximum Gasteiger partial charge on any atom is 0.259 e. The van der Waals surface area contributed by atoms with Crippen LogP contribution in [0.25, 0.3) is 0 Å². The molecule has 0 unspecified atom stereocenters. The first-order chi connectivity index (χ1) is 9.41. The summed E-state index contributed by atoms with van der Waals surface area (Å²) < 4.78 is 0.947. The molecule has 0 fully saturated rings. The van der Waals surface area contributed by atoms with Crippen molar-refractivity contribution in [1.29, 1.82) is 0 Å². The van der Waals surface area contributed by atoms with Gasteiger partial charge in [0.2, 0.25) is 0 Å². The van der Waals surface area contributed by atoms with E-state index in [2.05, 4.69) is 22.6 Å². The number of aryl methyl sites for hydroxylation is 1. The van der Waals surface area contributed by atoms with Crippen LogP contribution in [0.2, 0.25) is 5.02 Å². The Morgan fingerprint density at radius 3 is 2.70 bits per heavy atom. The molecule has 2 rings (SSSR count). The molecule has 2 aromatic rings. The zero-order chi connectivity index (χ0) is 14.9. The van der Waals surface area contributed by atoms with Crippen molar-refractivity contribution >= 4 is 51.5 Å². The van der Waals surface area contributed by atoms with Gasteiger partial charge in [-0.3, -0.25) is 4.79 Å². The van der Waals surface area contributed by atoms with Crippen LogP contribution in [0.15, 0.2) is 36.4 Å². The van der Waals surface area contributed by atoms with Crippen molar-refractivity contribution in [1.82, 2.24) is 0 Å². The number of nitrogens with zero attached hydrogens (tertiary/aromatic N) is 1. The van der Waals surface area contributed by atoms with E-state index in [9.17, 15) is 4.79 Å². The van der Waals surface area contributed by atoms with Gasteiger partial charge in [0.15, 0.2) is 0 Å². The van der Waals surface area contributed by atoms with E-state index in [-0.39, 0.29) is 5.91 Å². The van der Waals surface area contributed by atoms with E-state index in [0.29, 0.717) is 22.0 Å². The molecule has 0 saturated carbocycles. The van der Waals surface area contributed by atoms with E-state index in [1.54, 1.807) is 25.2 Å². The molecule has 0 radical (unpaired) electrons. The molecule has 0 aliphatic carbocycles. The average molecular weight is 401 g/mol. The van der Waals surface area contributed by atoms with Crippen LogP contribution in [0.1, 0.15) is 15.9 Å². The molecule has 0 spiro atoms. The summed E-state index contributed by atoms with van der Waals surface area (Å²) in [5.74, 6) is -0.105. The number of amides is 1. The molecule has 1 amide bonds. The predicted octanol–water partition coefficient (Wildman–Crippen LogP) is 4.11. The number of halogens is 2. The van der Waals surface area contributed by atoms with Crippen molar-refractivity contribution < 1.29 is 4.79 Å². The Balaban J connectivity index is 2.43. The van der Waals surface area contributed by atoms with Crippen LogP contribution in [0.4, 0.5) is 11.4 Å². The number of benzene rings is 2. The molecule has 0 aliphatic rings. The van der Waals surface area contributed by atoms with Gasteiger partial charge in [0, 0.05) is 15.6 Å². The van der Waals surface area contributed by atoms with Gasteiger partial charge in [-0.2, -0.15) is 0 Å². The zero-order valence-electron chi connectivity index (χ0n) is 11.2. The van der Waals surface area contributed by atoms with E-state index < -0.39 is 0 Å². The summed E-state index contributed by atoms with van der Waals surface area (Å²) in [5.41, 5.74) is 8.78. The van der Waals surface area contributed by atoms with Crippen LogP contribution in [-0.2, 0) is 0 Å². The number of nitrogen functional groups attached to an aromatic ring is 1. The molecule has 2 N–H and O–H groups in total. The molecule has 0 saturated heterocycles. The zero-order valence-corrected chi connectivity index (χ0v) is 14.1. The molecule has 0 aromatic heterocycles. The van der Waals surface area contributed by atoms with Crippen LogP contribution in [0, 0.1) is 10.5 Å². The summed E-state index contributed by atoms with van der Waals surface area (Å²) in [4.78, 5) is 14.1. The molecule has 0 atom stereocenters. The fraction of sp³-hybridized carbons (Fsp3) is 0.133. The second-order valence-corrected chi connectivity index (χ2v) is 6.02. The lowest BCUT2D eigenvalue weighted by Gasteiger charge is -2.20. The standard InChI is InChI=1S/C15H14ClIN2O/c1-9-4-3-5-11(14(9)17)15(20)19(2)13-8-10(16)6-7-12(13)18/h3-8H,18H2,1-2H3. The normalized spacial score (nSPS) is 10.4. The predicted molar refractivity (Wildman–Crippen MR) is 92.5 cm³/mol. The average Bonchev–Trinajstić information content (AvgIpc) is 2.43. The van der Waals surface area contributed by atoms with Gasteiger partial charge in [0.25, 0.3) is 5.91 Å². The summed E-state index contributed by atoms with van der Waals surface area (Å²) in [6, 6.07) is 10.8. The quantitative estimate of drug-likeness (QED) is 0.609. The highest BCUT2D eigenvalue weighted by Crippen LogP contribution is 2.28. The second kappa shape index (κ2) is 6.01. The number of rotatable bonds is 2. The third kappa shape index (κ3) is 2.91. The van der Waals surface area contributed by atoms with Crippen LogP contribution in [0.5, 0.6) is 0 Å². The Hall–Kier alpha value is -1.27. The van der Waals surface area contributed by atoms with Gasteiger partial charge in [-0.1, -0.05) is 23.7 Å². The van der Waals surface area contributed by atoms with Crippen molar-refractivity contribution in [2.45, 2.75) is 6.92 Å². The number of hydrogen-bond acceptors (Lipinski definition) is 2. The second-order valence-electron chi connectivity index (χ2n) is 4.50. The van der Waals surface area contributed by atoms with E-state index in [1.807, 2.05) is 25.1 Å². The highest BCUT2D eigenvalue weighted by atomic mass is 127. The lowest BCUT2D eigenvalue weighted by Crippen LogP contribution is -2.28. The van der Waals surface area contributed by atoms with E-state index in [0.717, 1.165) is 9.13 Å². The van der Waals surface area contributed by atoms with E-state index in [1.165, 1.54) is 4.90 Å². The van der Waals surface area contributed by atoms with Gasteiger partial charge in [0.1, 0.15) is 0 Å². The molecule has 0 aliphatic heterocycles. The van der Waals surface area contributed by atoms with Crippen molar-refractivity contribution in [3.8, 4) is 0 Å². The number of carbonyl (C=O) groups excluding carboxylic acids is 1. The fourth-order valence-electron chi connectivity index (χ4n) is 1.91. The Morgan fingerprint density at radius 2 is 2.00 bits per heavy atom. The summed E-state index contributed by atoms with van der Waals surface area (Å²) in [5, 5.41) is 0.549. The Labute approximate surface area is 136 Å². The Morgan fingerprint density at radius 1 is 1.30 bits per heavy atom. The first kappa shape index (κ1) is 15.1. The van der Waals surface area contributed by atoms with Crippen LogP contribution in [-0.4, -0.2) is 13.0 Å². The van der Waals surface area contributed by atoms with Crippen LogP contribution < -0.4 is 10.6 Å². The highest BCUT2D eigenvalue weighted by molar-refractivity contribution is 14.1. The topological polar surface area (TPSA) is 46.3 Å². The maximum atomic E-state index is 12.6. The van der Waals surface area contributed by atoms with Gasteiger partial charge < -0.3 is 10.6 Å². The van der Waals surface area contributed by atoms with E-state index in [4.69, 9.17) is 17.3 Å². The maximum absolute atomic E-state index is 12.6. The van der Waals surface area contributed by atoms with Gasteiger partial charge in [-0.05, 0) is 59.3 Å². The van der Waals surface area contributed by atoms with Crippen molar-refractivity contribution in [2.75, 3.05) is 17.7 Å². The van der Waals surface area contributed by atoms with Crippen LogP contribution >= 0.6 is 34.2 Å². The first-order valence-electron chi connectivity index (χ1n) is 6.00. The minimum Gasteiger partial charge on any atom is -0.397 e. The smallest absolute Gasteiger partial charge is 0.259 e. The summed E-state index contributed by atoms with van der Waals surface area (Å²) in [7, 11) is 1.70. The van der Waals surface area contributed by atoms with Crippen molar-refractivity contribution in [3.05, 3.63) is 56.1 Å². The third-order valence-corrected chi connectivity index (χ3v) is 4.75. The number of anilines is 2. The molecule has 5 heteroatoms. The summed E-state index contributed by atoms with van der Waals surface area (Å²) in [6.07, 6.45) is 0. The Bertz CT molecular complexity index is 673. The third-order valence-electron chi connectivity index (χ3n) is 3.08. The number of hydrogen-bond donors (Lipinski definition) is 1. The monoisotopic (exact) mass is 400 g/mol. The van der Waals surface area contributed by atoms with Crippen molar-refractivity contribution in [3.63, 3.8) is 0 Å². The molecule has 3 nitrogen and oxygen atoms in total. The first-order valence-corrected chi connectivity index (χ1v) is 7.45. The van der Waals surface area contributed by atoms with E-state index >= 15 is 0 Å². The van der Waals surface area contributed by atoms with Gasteiger partial charge in [-0.15, -0.1) is 0 Å². The number of nitrogens with two attached hydrogens (primary N) is 1. The largest absolute Gasteiger partial charge is 0.397 e. The minimum atomic E-state index is -0.105. The molecule has 2 aromatic carbocycles.